The Labute approximate surface area is 131 Å². The van der Waals surface area contributed by atoms with E-state index in [1.54, 1.807) is 22.7 Å². The predicted molar refractivity (Wildman–Crippen MR) is 82.3 cm³/mol. The second kappa shape index (κ2) is 4.71. The maximum Gasteiger partial charge on any atom is 0.186 e. The zero-order chi connectivity index (χ0) is 12.8. The van der Waals surface area contributed by atoms with Gasteiger partial charge in [0.15, 0.2) is 23.0 Å². The van der Waals surface area contributed by atoms with Crippen LogP contribution in [0.4, 0.5) is 0 Å². The van der Waals surface area contributed by atoms with E-state index in [4.69, 9.17) is 18.9 Å². The fourth-order valence-electron chi connectivity index (χ4n) is 2.08. The third kappa shape index (κ3) is 1.90. The number of fused-ring (bicyclic) bond motifs is 2. The van der Waals surface area contributed by atoms with Gasteiger partial charge in [0.25, 0.3) is 0 Å². The molecule has 0 saturated heterocycles. The van der Waals surface area contributed by atoms with Crippen molar-refractivity contribution >= 4 is 45.3 Å². The van der Waals surface area contributed by atoms with Crippen molar-refractivity contribution in [3.63, 3.8) is 0 Å². The molecule has 100 valence electrons. The van der Waals surface area contributed by atoms with Crippen LogP contribution < -0.4 is 18.9 Å². The van der Waals surface area contributed by atoms with E-state index in [1.165, 1.54) is 0 Å². The van der Waals surface area contributed by atoms with E-state index >= 15 is 0 Å². The van der Waals surface area contributed by atoms with Crippen molar-refractivity contribution in [1.29, 1.82) is 0 Å². The standard InChI is InChI=1S/C12H9IO4S2/c13-12-9-8(16-3-4-17-9)11(19-12)10-7-6(5-18-10)14-1-2-15-7/h5H,1-4H2. The quantitative estimate of drug-likeness (QED) is 0.676. The van der Waals surface area contributed by atoms with Gasteiger partial charge in [-0.2, -0.15) is 0 Å². The highest BCUT2D eigenvalue weighted by Crippen LogP contribution is 2.55. The van der Waals surface area contributed by atoms with E-state index in [2.05, 4.69) is 22.6 Å². The molecule has 7 heteroatoms. The van der Waals surface area contributed by atoms with Gasteiger partial charge in [0.05, 0.1) is 9.75 Å². The summed E-state index contributed by atoms with van der Waals surface area (Å²) in [6, 6.07) is 0. The molecule has 0 atom stereocenters. The maximum atomic E-state index is 5.78. The van der Waals surface area contributed by atoms with Gasteiger partial charge in [0.1, 0.15) is 29.3 Å². The van der Waals surface area contributed by atoms with E-state index in [0.717, 1.165) is 35.6 Å². The third-order valence-electron chi connectivity index (χ3n) is 2.87. The molecule has 2 aliphatic heterocycles. The lowest BCUT2D eigenvalue weighted by Crippen LogP contribution is -2.15. The van der Waals surface area contributed by atoms with Gasteiger partial charge in [0, 0.05) is 5.38 Å². The molecule has 4 nitrogen and oxygen atoms in total. The van der Waals surface area contributed by atoms with Crippen LogP contribution in [-0.4, -0.2) is 26.4 Å². The highest BCUT2D eigenvalue weighted by Gasteiger charge is 2.29. The summed E-state index contributed by atoms with van der Waals surface area (Å²) in [6.07, 6.45) is 0. The molecule has 4 heterocycles. The molecule has 4 rings (SSSR count). The Kier molecular flexibility index (Phi) is 3.00. The topological polar surface area (TPSA) is 36.9 Å². The Bertz CT molecular complexity index is 634. The van der Waals surface area contributed by atoms with E-state index in [1.807, 2.05) is 5.38 Å². The van der Waals surface area contributed by atoms with E-state index in [0.29, 0.717) is 26.4 Å². The van der Waals surface area contributed by atoms with Gasteiger partial charge in [0.2, 0.25) is 0 Å². The zero-order valence-electron chi connectivity index (χ0n) is 9.73. The van der Waals surface area contributed by atoms with E-state index < -0.39 is 0 Å². The van der Waals surface area contributed by atoms with Gasteiger partial charge in [-0.1, -0.05) is 0 Å². The minimum Gasteiger partial charge on any atom is -0.485 e. The second-order valence-corrected chi connectivity index (χ2v) is 7.73. The van der Waals surface area contributed by atoms with Crippen LogP contribution in [0.3, 0.4) is 0 Å². The summed E-state index contributed by atoms with van der Waals surface area (Å²) in [5, 5.41) is 1.99. The molecule has 0 unspecified atom stereocenters. The lowest BCUT2D eigenvalue weighted by Gasteiger charge is -2.18. The molecule has 0 fully saturated rings. The molecule has 19 heavy (non-hydrogen) atoms. The molecule has 0 bridgehead atoms. The average Bonchev–Trinajstić information content (AvgIpc) is 3.01. The lowest BCUT2D eigenvalue weighted by molar-refractivity contribution is 0.171. The summed E-state index contributed by atoms with van der Waals surface area (Å²) < 4.78 is 23.9. The highest BCUT2D eigenvalue weighted by atomic mass is 127. The zero-order valence-corrected chi connectivity index (χ0v) is 13.5. The minimum atomic E-state index is 0.595. The number of halogens is 1. The molecular formula is C12H9IO4S2. The minimum absolute atomic E-state index is 0.595. The molecule has 2 aromatic rings. The van der Waals surface area contributed by atoms with Crippen LogP contribution in [0.15, 0.2) is 5.38 Å². The first-order valence-corrected chi connectivity index (χ1v) is 8.57. The molecule has 0 spiro atoms. The van der Waals surface area contributed by atoms with Crippen molar-refractivity contribution in [2.75, 3.05) is 26.4 Å². The summed E-state index contributed by atoms with van der Waals surface area (Å²) in [5.74, 6) is 3.39. The summed E-state index contributed by atoms with van der Waals surface area (Å²) in [5.41, 5.74) is 0. The molecule has 2 aliphatic rings. The number of ether oxygens (including phenoxy) is 4. The van der Waals surface area contributed by atoms with Crippen molar-refractivity contribution in [3.05, 3.63) is 8.26 Å². The van der Waals surface area contributed by atoms with Gasteiger partial charge < -0.3 is 18.9 Å². The Hall–Kier alpha value is -0.670. The molecule has 0 saturated carbocycles. The van der Waals surface area contributed by atoms with Gasteiger partial charge in [-0.3, -0.25) is 0 Å². The Morgan fingerprint density at radius 3 is 2.37 bits per heavy atom. The molecular weight excluding hydrogens is 399 g/mol. The van der Waals surface area contributed by atoms with Crippen LogP contribution in [0.1, 0.15) is 0 Å². The van der Waals surface area contributed by atoms with Gasteiger partial charge in [-0.15, -0.1) is 22.7 Å². The highest BCUT2D eigenvalue weighted by molar-refractivity contribution is 14.1. The summed E-state index contributed by atoms with van der Waals surface area (Å²) >= 11 is 5.59. The maximum absolute atomic E-state index is 5.78. The van der Waals surface area contributed by atoms with Crippen LogP contribution in [0.25, 0.3) is 9.75 Å². The number of hydrogen-bond acceptors (Lipinski definition) is 6. The lowest BCUT2D eigenvalue weighted by atomic mass is 10.3. The van der Waals surface area contributed by atoms with Gasteiger partial charge >= 0.3 is 0 Å². The predicted octanol–water partition coefficient (Wildman–Crippen LogP) is 3.62. The van der Waals surface area contributed by atoms with Gasteiger partial charge in [-0.25, -0.2) is 0 Å². The SMILES string of the molecule is Ic1sc(-c2scc3c2OCCO3)c2c1OCCO2. The van der Waals surface area contributed by atoms with Crippen molar-refractivity contribution in [2.45, 2.75) is 0 Å². The average molecular weight is 408 g/mol. The van der Waals surface area contributed by atoms with Crippen LogP contribution in [0.2, 0.25) is 0 Å². The Morgan fingerprint density at radius 2 is 1.53 bits per heavy atom. The molecule has 2 aromatic heterocycles. The van der Waals surface area contributed by atoms with Crippen LogP contribution in [-0.2, 0) is 0 Å². The van der Waals surface area contributed by atoms with Crippen LogP contribution in [0, 0.1) is 2.88 Å². The second-order valence-electron chi connectivity index (χ2n) is 4.02. The van der Waals surface area contributed by atoms with Crippen LogP contribution >= 0.6 is 45.3 Å². The van der Waals surface area contributed by atoms with Gasteiger partial charge in [-0.05, 0) is 22.6 Å². The largest absolute Gasteiger partial charge is 0.485 e. The molecule has 0 N–H and O–H groups in total. The summed E-state index contributed by atoms with van der Waals surface area (Å²) in [6.45, 7) is 2.42. The fourth-order valence-corrected chi connectivity index (χ4v) is 5.13. The van der Waals surface area contributed by atoms with Crippen molar-refractivity contribution in [2.24, 2.45) is 0 Å². The Morgan fingerprint density at radius 1 is 0.842 bits per heavy atom. The summed E-state index contributed by atoms with van der Waals surface area (Å²) in [4.78, 5) is 2.15. The normalized spacial score (nSPS) is 16.5. The fraction of sp³-hybridized carbons (Fsp3) is 0.333. The van der Waals surface area contributed by atoms with E-state index in [-0.39, 0.29) is 0 Å². The molecule has 0 amide bonds. The molecule has 0 aliphatic carbocycles. The first kappa shape index (κ1) is 12.1. The van der Waals surface area contributed by atoms with E-state index in [9.17, 15) is 0 Å². The number of thiophene rings is 2. The van der Waals surface area contributed by atoms with Crippen molar-refractivity contribution in [3.8, 4) is 32.8 Å². The molecule has 0 radical (unpaired) electrons. The molecule has 0 aromatic carbocycles. The number of hydrogen-bond donors (Lipinski definition) is 0. The number of rotatable bonds is 1. The third-order valence-corrected chi connectivity index (χ3v) is 6.06. The van der Waals surface area contributed by atoms with Crippen LogP contribution in [0.5, 0.6) is 23.0 Å². The monoisotopic (exact) mass is 408 g/mol. The Balaban J connectivity index is 1.86. The first-order chi connectivity index (χ1) is 9.34. The first-order valence-electron chi connectivity index (χ1n) is 5.80. The van der Waals surface area contributed by atoms with Crippen molar-refractivity contribution < 1.29 is 18.9 Å². The summed E-state index contributed by atoms with van der Waals surface area (Å²) in [7, 11) is 0. The smallest absolute Gasteiger partial charge is 0.186 e. The van der Waals surface area contributed by atoms with Crippen molar-refractivity contribution in [1.82, 2.24) is 0 Å².